The van der Waals surface area contributed by atoms with E-state index in [4.69, 9.17) is 0 Å². The van der Waals surface area contributed by atoms with Crippen LogP contribution in [0.25, 0.3) is 0 Å². The maximum absolute atomic E-state index is 12.4. The molecule has 4 nitrogen and oxygen atoms in total. The van der Waals surface area contributed by atoms with Crippen molar-refractivity contribution < 1.29 is 12.3 Å². The quantitative estimate of drug-likeness (QED) is 0.763. The molecule has 0 aliphatic carbocycles. The Morgan fingerprint density at radius 3 is 2.38 bits per heavy atom. The third-order valence-electron chi connectivity index (χ3n) is 2.35. The Kier molecular flexibility index (Phi) is 3.42. The van der Waals surface area contributed by atoms with Crippen molar-refractivity contribution in [3.8, 4) is 0 Å². The highest BCUT2D eigenvalue weighted by Gasteiger charge is 2.19. The predicted molar refractivity (Wildman–Crippen MR) is 60.5 cm³/mol. The van der Waals surface area contributed by atoms with Crippen LogP contribution in [0.4, 0.5) is 3.89 Å². The van der Waals surface area contributed by atoms with Gasteiger partial charge in [-0.15, -0.1) is 3.89 Å². The average molecular weight is 248 g/mol. The molecule has 1 aromatic rings. The van der Waals surface area contributed by atoms with E-state index in [-0.39, 0.29) is 11.8 Å². The van der Waals surface area contributed by atoms with Crippen LogP contribution in [-0.2, 0) is 29.1 Å². The topological polar surface area (TPSA) is 52.0 Å². The van der Waals surface area contributed by atoms with E-state index < -0.39 is 16.0 Å². The maximum Gasteiger partial charge on any atom is 0.302 e. The largest absolute Gasteiger partial charge is 0.302 e. The van der Waals surface area contributed by atoms with Crippen LogP contribution < -0.4 is 0 Å². The highest BCUT2D eigenvalue weighted by atomic mass is 32.3. The van der Waals surface area contributed by atoms with Gasteiger partial charge in [-0.05, 0) is 6.07 Å². The van der Waals surface area contributed by atoms with Gasteiger partial charge >= 0.3 is 10.2 Å². The van der Waals surface area contributed by atoms with Crippen molar-refractivity contribution in [1.29, 1.82) is 0 Å². The summed E-state index contributed by atoms with van der Waals surface area (Å²) in [5.74, 6) is -0.490. The molecule has 1 rings (SSSR count). The molecule has 0 spiro atoms. The first-order chi connectivity index (χ1) is 7.09. The van der Waals surface area contributed by atoms with Gasteiger partial charge in [0, 0.05) is 24.6 Å². The Bertz CT molecular complexity index is 471. The highest BCUT2D eigenvalue weighted by molar-refractivity contribution is 7.86. The fraction of sp³-hybridized carbons (Fsp3) is 0.700. The van der Waals surface area contributed by atoms with Gasteiger partial charge in [-0.2, -0.15) is 13.5 Å². The van der Waals surface area contributed by atoms with Crippen LogP contribution in [0, 0.1) is 0 Å². The van der Waals surface area contributed by atoms with Gasteiger partial charge in [0.25, 0.3) is 0 Å². The lowest BCUT2D eigenvalue weighted by Crippen LogP contribution is -2.12. The zero-order valence-electron chi connectivity index (χ0n) is 9.99. The van der Waals surface area contributed by atoms with Crippen molar-refractivity contribution in [1.82, 2.24) is 9.78 Å². The molecule has 0 bridgehead atoms. The second-order valence-corrected chi connectivity index (χ2v) is 6.37. The molecule has 1 aromatic heterocycles. The molecule has 0 aliphatic heterocycles. The van der Waals surface area contributed by atoms with Gasteiger partial charge in [0.05, 0.1) is 11.4 Å². The van der Waals surface area contributed by atoms with Crippen molar-refractivity contribution in [3.05, 3.63) is 17.5 Å². The summed E-state index contributed by atoms with van der Waals surface area (Å²) < 4.78 is 34.8. The summed E-state index contributed by atoms with van der Waals surface area (Å²) in [6, 6.07) is 1.82. The van der Waals surface area contributed by atoms with Crippen LogP contribution in [0.3, 0.4) is 0 Å². The van der Waals surface area contributed by atoms with Gasteiger partial charge < -0.3 is 0 Å². The summed E-state index contributed by atoms with van der Waals surface area (Å²) in [6.07, 6.45) is 0.151. The Balaban J connectivity index is 2.87. The number of hydrogen-bond acceptors (Lipinski definition) is 3. The molecule has 0 radical (unpaired) electrons. The maximum atomic E-state index is 12.4. The van der Waals surface area contributed by atoms with E-state index in [1.165, 1.54) is 0 Å². The van der Waals surface area contributed by atoms with E-state index >= 15 is 0 Å². The molecule has 0 atom stereocenters. The van der Waals surface area contributed by atoms with Crippen LogP contribution in [0.5, 0.6) is 0 Å². The molecule has 0 N–H and O–H groups in total. The molecule has 0 aliphatic rings. The third kappa shape index (κ3) is 3.59. The van der Waals surface area contributed by atoms with E-state index in [9.17, 15) is 12.3 Å². The predicted octanol–water partition coefficient (Wildman–Crippen LogP) is 1.56. The Morgan fingerprint density at radius 1 is 1.44 bits per heavy atom. The second kappa shape index (κ2) is 4.16. The fourth-order valence-electron chi connectivity index (χ4n) is 1.33. The van der Waals surface area contributed by atoms with Gasteiger partial charge in [0.15, 0.2) is 0 Å². The summed E-state index contributed by atoms with van der Waals surface area (Å²) in [5, 5.41) is 4.28. The molecule has 16 heavy (non-hydrogen) atoms. The number of nitrogens with zero attached hydrogens (tertiary/aromatic N) is 2. The minimum Gasteiger partial charge on any atom is -0.272 e. The number of aromatic nitrogens is 2. The van der Waals surface area contributed by atoms with Crippen molar-refractivity contribution in [2.24, 2.45) is 7.05 Å². The van der Waals surface area contributed by atoms with Crippen LogP contribution >= 0.6 is 0 Å². The van der Waals surface area contributed by atoms with Crippen LogP contribution in [0.2, 0.25) is 0 Å². The van der Waals surface area contributed by atoms with E-state index in [0.29, 0.717) is 0 Å². The zero-order chi connectivity index (χ0) is 12.6. The molecule has 0 saturated carbocycles. The van der Waals surface area contributed by atoms with E-state index in [1.54, 1.807) is 11.7 Å². The number of halogens is 1. The lowest BCUT2D eigenvalue weighted by atomic mass is 9.92. The summed E-state index contributed by atoms with van der Waals surface area (Å²) in [7, 11) is -2.67. The molecule has 0 amide bonds. The van der Waals surface area contributed by atoms with Crippen molar-refractivity contribution in [2.75, 3.05) is 5.75 Å². The summed E-state index contributed by atoms with van der Waals surface area (Å²) in [4.78, 5) is 0. The van der Waals surface area contributed by atoms with Crippen molar-refractivity contribution in [2.45, 2.75) is 32.6 Å². The zero-order valence-corrected chi connectivity index (χ0v) is 10.8. The lowest BCUT2D eigenvalue weighted by Gasteiger charge is -2.13. The Hall–Kier alpha value is -0.910. The van der Waals surface area contributed by atoms with E-state index in [0.717, 1.165) is 11.4 Å². The van der Waals surface area contributed by atoms with Crippen LogP contribution in [0.1, 0.15) is 32.2 Å². The monoisotopic (exact) mass is 248 g/mol. The Morgan fingerprint density at radius 2 is 2.00 bits per heavy atom. The van der Waals surface area contributed by atoms with E-state index in [1.807, 2.05) is 26.8 Å². The average Bonchev–Trinajstić information content (AvgIpc) is 2.41. The molecule has 0 aromatic carbocycles. The van der Waals surface area contributed by atoms with Crippen LogP contribution in [0.15, 0.2) is 6.07 Å². The van der Waals surface area contributed by atoms with Gasteiger partial charge in [-0.25, -0.2) is 0 Å². The van der Waals surface area contributed by atoms with E-state index in [2.05, 4.69) is 5.10 Å². The normalized spacial score (nSPS) is 13.1. The molecule has 1 heterocycles. The highest BCUT2D eigenvalue weighted by Crippen LogP contribution is 2.21. The molecular formula is C10H17FN2O2S. The number of rotatable bonds is 3. The molecular weight excluding hydrogens is 231 g/mol. The minimum atomic E-state index is -4.41. The summed E-state index contributed by atoms with van der Waals surface area (Å²) >= 11 is 0. The second-order valence-electron chi connectivity index (χ2n) is 4.89. The SMILES string of the molecule is Cn1nc(C(C)(C)C)cc1CCS(=O)(=O)F. The first-order valence-electron chi connectivity index (χ1n) is 5.05. The van der Waals surface area contributed by atoms with Crippen LogP contribution in [-0.4, -0.2) is 24.0 Å². The summed E-state index contributed by atoms with van der Waals surface area (Å²) in [5.41, 5.74) is 1.51. The lowest BCUT2D eigenvalue weighted by molar-refractivity contribution is 0.546. The summed E-state index contributed by atoms with van der Waals surface area (Å²) in [6.45, 7) is 6.06. The van der Waals surface area contributed by atoms with Gasteiger partial charge in [0.2, 0.25) is 0 Å². The molecule has 0 saturated heterocycles. The fourth-order valence-corrected chi connectivity index (χ4v) is 1.79. The van der Waals surface area contributed by atoms with Crippen molar-refractivity contribution in [3.63, 3.8) is 0 Å². The number of aryl methyl sites for hydroxylation is 2. The minimum absolute atomic E-state index is 0.0927. The molecule has 92 valence electrons. The number of hydrogen-bond donors (Lipinski definition) is 0. The first-order valence-corrected chi connectivity index (χ1v) is 6.60. The van der Waals surface area contributed by atoms with Gasteiger partial charge in [-0.1, -0.05) is 20.8 Å². The standard InChI is InChI=1S/C10H17FN2O2S/c1-10(2,3)9-7-8(13(4)12-9)5-6-16(11,14)15/h7H,5-6H2,1-4H3. The Labute approximate surface area is 95.7 Å². The smallest absolute Gasteiger partial charge is 0.272 e. The molecule has 0 unspecified atom stereocenters. The van der Waals surface area contributed by atoms with Crippen molar-refractivity contribution >= 4 is 10.2 Å². The first kappa shape index (κ1) is 13.2. The van der Waals surface area contributed by atoms with Gasteiger partial charge in [0.1, 0.15) is 0 Å². The molecule has 6 heteroatoms. The molecule has 0 fully saturated rings. The van der Waals surface area contributed by atoms with Gasteiger partial charge in [-0.3, -0.25) is 4.68 Å². The third-order valence-corrected chi connectivity index (χ3v) is 3.04.